The van der Waals surface area contributed by atoms with Gasteiger partial charge in [0.1, 0.15) is 0 Å². The Kier molecular flexibility index (Phi) is 3.09. The van der Waals surface area contributed by atoms with Crippen LogP contribution in [0.3, 0.4) is 0 Å². The summed E-state index contributed by atoms with van der Waals surface area (Å²) in [6, 6.07) is 10.8. The first kappa shape index (κ1) is 12.2. The summed E-state index contributed by atoms with van der Waals surface area (Å²) in [5.41, 5.74) is 2.34. The number of aromatic amines is 2. The molecule has 100 valence electrons. The normalized spacial score (nSPS) is 10.6. The van der Waals surface area contributed by atoms with Crippen LogP contribution in [-0.2, 0) is 11.2 Å². The first-order valence-corrected chi connectivity index (χ1v) is 6.26. The van der Waals surface area contributed by atoms with Crippen LogP contribution in [0.5, 0.6) is 0 Å². The van der Waals surface area contributed by atoms with E-state index in [0.717, 1.165) is 16.5 Å². The molecule has 0 saturated carbocycles. The number of rotatable bonds is 3. The van der Waals surface area contributed by atoms with E-state index in [1.54, 1.807) is 6.07 Å². The Bertz CT molecular complexity index is 797. The fourth-order valence-electron chi connectivity index (χ4n) is 2.14. The highest BCUT2D eigenvalue weighted by Crippen LogP contribution is 2.18. The zero-order chi connectivity index (χ0) is 13.9. The molecule has 1 amide bonds. The Morgan fingerprint density at radius 2 is 1.90 bits per heavy atom. The molecule has 20 heavy (non-hydrogen) atoms. The minimum absolute atomic E-state index is 0.123. The van der Waals surface area contributed by atoms with E-state index >= 15 is 0 Å². The second-order valence-corrected chi connectivity index (χ2v) is 4.53. The summed E-state index contributed by atoms with van der Waals surface area (Å²) in [4.78, 5) is 28.6. The number of aromatic nitrogens is 2. The Morgan fingerprint density at radius 1 is 1.05 bits per heavy atom. The smallest absolute Gasteiger partial charge is 0.248 e. The highest BCUT2D eigenvalue weighted by atomic mass is 16.1. The third-order valence-corrected chi connectivity index (χ3v) is 3.09. The van der Waals surface area contributed by atoms with Gasteiger partial charge in [-0.3, -0.25) is 9.59 Å². The first-order valence-electron chi connectivity index (χ1n) is 6.26. The quantitative estimate of drug-likeness (QED) is 0.679. The summed E-state index contributed by atoms with van der Waals surface area (Å²) in [6.45, 7) is 0. The van der Waals surface area contributed by atoms with Gasteiger partial charge in [-0.2, -0.15) is 0 Å². The number of carbonyl (C=O) groups is 1. The Hall–Kier alpha value is -2.82. The first-order chi connectivity index (χ1) is 9.72. The van der Waals surface area contributed by atoms with Crippen molar-refractivity contribution in [2.24, 2.45) is 0 Å². The van der Waals surface area contributed by atoms with Gasteiger partial charge in [0, 0.05) is 29.4 Å². The molecular formula is C15H13N3O2. The lowest BCUT2D eigenvalue weighted by atomic mass is 10.1. The lowest BCUT2D eigenvalue weighted by Crippen LogP contribution is -2.15. The highest BCUT2D eigenvalue weighted by Gasteiger charge is 2.08. The number of pyridine rings is 1. The third kappa shape index (κ3) is 2.47. The number of anilines is 1. The molecule has 3 rings (SSSR count). The van der Waals surface area contributed by atoms with E-state index in [0.29, 0.717) is 5.69 Å². The van der Waals surface area contributed by atoms with Crippen molar-refractivity contribution in [3.8, 4) is 0 Å². The summed E-state index contributed by atoms with van der Waals surface area (Å²) in [5.74, 6) is -0.123. The van der Waals surface area contributed by atoms with E-state index in [2.05, 4.69) is 15.3 Å². The molecule has 3 N–H and O–H groups in total. The molecule has 0 unspecified atom stereocenters. The van der Waals surface area contributed by atoms with Crippen LogP contribution in [0.1, 0.15) is 5.56 Å². The Balaban J connectivity index is 1.76. The molecule has 5 nitrogen and oxygen atoms in total. The number of hydrogen-bond acceptors (Lipinski definition) is 2. The molecule has 2 heterocycles. The van der Waals surface area contributed by atoms with Crippen LogP contribution in [0.2, 0.25) is 0 Å². The average Bonchev–Trinajstić information content (AvgIpc) is 2.85. The average molecular weight is 267 g/mol. The summed E-state index contributed by atoms with van der Waals surface area (Å²) < 4.78 is 0. The number of H-pyrrole nitrogens is 2. The minimum atomic E-state index is -0.195. The van der Waals surface area contributed by atoms with Gasteiger partial charge in [-0.05, 0) is 17.7 Å². The van der Waals surface area contributed by atoms with Crippen LogP contribution >= 0.6 is 0 Å². The van der Waals surface area contributed by atoms with Gasteiger partial charge in [0.2, 0.25) is 11.5 Å². The Morgan fingerprint density at radius 3 is 2.70 bits per heavy atom. The number of carbonyl (C=O) groups excluding carboxylic acids is 1. The van der Waals surface area contributed by atoms with Crippen LogP contribution in [0.4, 0.5) is 5.69 Å². The predicted octanol–water partition coefficient (Wildman–Crippen LogP) is 2.04. The van der Waals surface area contributed by atoms with E-state index in [1.165, 1.54) is 12.3 Å². The van der Waals surface area contributed by atoms with Crippen LogP contribution < -0.4 is 10.9 Å². The monoisotopic (exact) mass is 267 g/mol. The SMILES string of the molecule is O=C(Cc1c[nH]c2ccccc12)Nc1ccc(=O)[nH]c1. The van der Waals surface area contributed by atoms with Gasteiger partial charge in [-0.25, -0.2) is 0 Å². The summed E-state index contributed by atoms with van der Waals surface area (Å²) >= 11 is 0. The lowest BCUT2D eigenvalue weighted by molar-refractivity contribution is -0.115. The highest BCUT2D eigenvalue weighted by molar-refractivity contribution is 5.95. The number of amides is 1. The summed E-state index contributed by atoms with van der Waals surface area (Å²) in [6.07, 6.45) is 3.61. The fourth-order valence-corrected chi connectivity index (χ4v) is 2.14. The molecule has 0 radical (unpaired) electrons. The molecule has 0 aliphatic carbocycles. The zero-order valence-electron chi connectivity index (χ0n) is 10.6. The van der Waals surface area contributed by atoms with Crippen molar-refractivity contribution in [3.05, 3.63) is 64.7 Å². The van der Waals surface area contributed by atoms with Gasteiger partial charge in [-0.1, -0.05) is 18.2 Å². The standard InChI is InChI=1S/C15H13N3O2/c19-14-6-5-11(9-17-14)18-15(20)7-10-8-16-13-4-2-1-3-12(10)13/h1-6,8-9,16H,7H2,(H,17,19)(H,18,20). The van der Waals surface area contributed by atoms with Gasteiger partial charge >= 0.3 is 0 Å². The molecule has 1 aromatic carbocycles. The van der Waals surface area contributed by atoms with Gasteiger partial charge in [-0.15, -0.1) is 0 Å². The van der Waals surface area contributed by atoms with Crippen molar-refractivity contribution in [2.75, 3.05) is 5.32 Å². The number of nitrogens with one attached hydrogen (secondary N) is 3. The summed E-state index contributed by atoms with van der Waals surface area (Å²) in [5, 5.41) is 3.79. The molecule has 0 aliphatic heterocycles. The van der Waals surface area contributed by atoms with Crippen molar-refractivity contribution in [2.45, 2.75) is 6.42 Å². The maximum atomic E-state index is 12.0. The zero-order valence-corrected chi connectivity index (χ0v) is 10.6. The molecule has 3 aromatic rings. The minimum Gasteiger partial charge on any atom is -0.361 e. The van der Waals surface area contributed by atoms with Gasteiger partial charge in [0.15, 0.2) is 0 Å². The van der Waals surface area contributed by atoms with Crippen molar-refractivity contribution in [1.29, 1.82) is 0 Å². The number of fused-ring (bicyclic) bond motifs is 1. The van der Waals surface area contributed by atoms with Crippen molar-refractivity contribution in [1.82, 2.24) is 9.97 Å². The third-order valence-electron chi connectivity index (χ3n) is 3.09. The molecule has 0 aliphatic rings. The van der Waals surface area contributed by atoms with E-state index in [4.69, 9.17) is 0 Å². The van der Waals surface area contributed by atoms with Gasteiger partial charge in [0.25, 0.3) is 0 Å². The molecule has 0 spiro atoms. The van der Waals surface area contributed by atoms with Gasteiger partial charge < -0.3 is 15.3 Å². The van der Waals surface area contributed by atoms with Crippen molar-refractivity contribution >= 4 is 22.5 Å². The van der Waals surface area contributed by atoms with Crippen molar-refractivity contribution < 1.29 is 4.79 Å². The number of hydrogen-bond donors (Lipinski definition) is 3. The largest absolute Gasteiger partial charge is 0.361 e. The van der Waals surface area contributed by atoms with E-state index in [-0.39, 0.29) is 17.9 Å². The van der Waals surface area contributed by atoms with E-state index in [9.17, 15) is 9.59 Å². The van der Waals surface area contributed by atoms with Crippen LogP contribution in [-0.4, -0.2) is 15.9 Å². The molecule has 0 atom stereocenters. The number of para-hydroxylation sites is 1. The molecule has 5 heteroatoms. The second-order valence-electron chi connectivity index (χ2n) is 4.53. The van der Waals surface area contributed by atoms with Crippen molar-refractivity contribution in [3.63, 3.8) is 0 Å². The molecule has 0 bridgehead atoms. The maximum absolute atomic E-state index is 12.0. The lowest BCUT2D eigenvalue weighted by Gasteiger charge is -2.04. The fraction of sp³-hybridized carbons (Fsp3) is 0.0667. The number of benzene rings is 1. The molecule has 0 saturated heterocycles. The van der Waals surface area contributed by atoms with E-state index < -0.39 is 0 Å². The molecular weight excluding hydrogens is 254 g/mol. The maximum Gasteiger partial charge on any atom is 0.248 e. The van der Waals surface area contributed by atoms with E-state index in [1.807, 2.05) is 30.5 Å². The van der Waals surface area contributed by atoms with Gasteiger partial charge in [0.05, 0.1) is 12.1 Å². The van der Waals surface area contributed by atoms with Crippen LogP contribution in [0.15, 0.2) is 53.6 Å². The second kappa shape index (κ2) is 5.05. The molecule has 0 fully saturated rings. The topological polar surface area (TPSA) is 77.8 Å². The summed E-state index contributed by atoms with van der Waals surface area (Å²) in [7, 11) is 0. The van der Waals surface area contributed by atoms with Crippen LogP contribution in [0.25, 0.3) is 10.9 Å². The molecule has 2 aromatic heterocycles. The Labute approximate surface area is 114 Å². The predicted molar refractivity (Wildman–Crippen MR) is 77.7 cm³/mol. The van der Waals surface area contributed by atoms with Crippen LogP contribution in [0, 0.1) is 0 Å².